The highest BCUT2D eigenvalue weighted by molar-refractivity contribution is 5.89. The van der Waals surface area contributed by atoms with Crippen LogP contribution in [0.1, 0.15) is 20.8 Å². The molecule has 0 bridgehead atoms. The topological polar surface area (TPSA) is 30.8 Å². The van der Waals surface area contributed by atoms with Gasteiger partial charge in [-0.05, 0) is 26.8 Å². The van der Waals surface area contributed by atoms with Gasteiger partial charge in [0.15, 0.2) is 0 Å². The predicted octanol–water partition coefficient (Wildman–Crippen LogP) is 3.58. The van der Waals surface area contributed by atoms with E-state index in [2.05, 4.69) is 17.5 Å². The summed E-state index contributed by atoms with van der Waals surface area (Å²) in [4.78, 5) is 3.98. The molecule has 0 unspecified atom stereocenters. The van der Waals surface area contributed by atoms with E-state index < -0.39 is 0 Å². The van der Waals surface area contributed by atoms with Gasteiger partial charge < -0.3 is 9.47 Å². The average Bonchev–Trinajstić information content (AvgIpc) is 2.30. The second-order valence-electron chi connectivity index (χ2n) is 3.15. The molecule has 0 saturated heterocycles. The van der Waals surface area contributed by atoms with Gasteiger partial charge in [-0.2, -0.15) is 0 Å². The van der Waals surface area contributed by atoms with Crippen molar-refractivity contribution < 1.29 is 9.47 Å². The molecule has 0 radical (unpaired) electrons. The molecule has 0 aliphatic heterocycles. The normalized spacial score (nSPS) is 13.3. The highest BCUT2D eigenvalue weighted by atomic mass is 16.5. The maximum absolute atomic E-state index is 5.54. The van der Waals surface area contributed by atoms with Crippen molar-refractivity contribution in [3.8, 4) is 12.3 Å². The van der Waals surface area contributed by atoms with Crippen LogP contribution in [0.4, 0.5) is 0 Å². The summed E-state index contributed by atoms with van der Waals surface area (Å²) in [5.41, 5.74) is 0. The fraction of sp³-hybridized carbons (Fsp3) is 0.267. The Kier molecular flexibility index (Phi) is 8.75. The van der Waals surface area contributed by atoms with Crippen LogP contribution in [0.15, 0.2) is 53.6 Å². The van der Waals surface area contributed by atoms with Gasteiger partial charge in [0.05, 0.1) is 12.4 Å². The van der Waals surface area contributed by atoms with Gasteiger partial charge in [0.2, 0.25) is 5.90 Å². The first kappa shape index (κ1) is 15.8. The van der Waals surface area contributed by atoms with Crippen LogP contribution in [0.5, 0.6) is 0 Å². The van der Waals surface area contributed by atoms with Gasteiger partial charge in [-0.1, -0.05) is 18.6 Å². The molecule has 0 atom stereocenters. The lowest BCUT2D eigenvalue weighted by Crippen LogP contribution is -2.01. The van der Waals surface area contributed by atoms with Gasteiger partial charge in [-0.25, -0.2) is 4.99 Å². The van der Waals surface area contributed by atoms with E-state index in [1.807, 2.05) is 26.8 Å². The predicted molar refractivity (Wildman–Crippen MR) is 75.8 cm³/mol. The average molecular weight is 245 g/mol. The third-order valence-corrected chi connectivity index (χ3v) is 1.69. The van der Waals surface area contributed by atoms with Crippen LogP contribution in [-0.4, -0.2) is 12.5 Å². The largest absolute Gasteiger partial charge is 0.498 e. The first-order valence-electron chi connectivity index (χ1n) is 5.64. The standard InChI is InChI=1S/C15H19NO2/c1-6-10-14(12-13(5)17-9-4)18-15(11-7-2)16-8-3/h1,7-8,10-12H,3,9H2,2,4-5H3/b11-7-,13-12+,14-10+,16-15+. The van der Waals surface area contributed by atoms with Crippen LogP contribution < -0.4 is 0 Å². The summed E-state index contributed by atoms with van der Waals surface area (Å²) < 4.78 is 10.9. The van der Waals surface area contributed by atoms with Crippen molar-refractivity contribution in [2.45, 2.75) is 20.8 Å². The molecule has 0 aromatic heterocycles. The zero-order chi connectivity index (χ0) is 13.8. The minimum absolute atomic E-state index is 0.412. The van der Waals surface area contributed by atoms with Crippen LogP contribution in [0.2, 0.25) is 0 Å². The number of aliphatic imine (C=N–C) groups is 1. The van der Waals surface area contributed by atoms with E-state index in [1.165, 1.54) is 12.3 Å². The zero-order valence-electron chi connectivity index (χ0n) is 11.1. The van der Waals surface area contributed by atoms with Gasteiger partial charge >= 0.3 is 0 Å². The quantitative estimate of drug-likeness (QED) is 0.235. The zero-order valence-corrected chi connectivity index (χ0v) is 11.1. The fourth-order valence-electron chi connectivity index (χ4n) is 1.11. The highest BCUT2D eigenvalue weighted by Gasteiger charge is 2.00. The van der Waals surface area contributed by atoms with E-state index in [0.29, 0.717) is 18.3 Å². The summed E-state index contributed by atoms with van der Waals surface area (Å²) >= 11 is 0. The fourth-order valence-corrected chi connectivity index (χ4v) is 1.11. The minimum atomic E-state index is 0.412. The Balaban J connectivity index is 5.00. The van der Waals surface area contributed by atoms with Crippen LogP contribution in [-0.2, 0) is 9.47 Å². The molecule has 0 amide bonds. The summed E-state index contributed by atoms with van der Waals surface area (Å²) in [7, 11) is 0. The van der Waals surface area contributed by atoms with Crippen LogP contribution >= 0.6 is 0 Å². The van der Waals surface area contributed by atoms with E-state index in [4.69, 9.17) is 15.9 Å². The van der Waals surface area contributed by atoms with Crippen LogP contribution in [0.3, 0.4) is 0 Å². The van der Waals surface area contributed by atoms with Gasteiger partial charge in [0.1, 0.15) is 5.76 Å². The minimum Gasteiger partial charge on any atom is -0.498 e. The first-order chi connectivity index (χ1) is 8.67. The number of rotatable bonds is 6. The second kappa shape index (κ2) is 9.98. The molecule has 0 saturated carbocycles. The molecule has 0 aliphatic rings. The molecule has 0 N–H and O–H groups in total. The molecule has 18 heavy (non-hydrogen) atoms. The Labute approximate surface area is 109 Å². The molecule has 3 nitrogen and oxygen atoms in total. The molecule has 0 heterocycles. The smallest absolute Gasteiger partial charge is 0.218 e. The summed E-state index contributed by atoms with van der Waals surface area (Å²) in [6.45, 7) is 9.73. The molecule has 96 valence electrons. The molecule has 0 aromatic rings. The van der Waals surface area contributed by atoms with Crippen molar-refractivity contribution in [3.05, 3.63) is 48.6 Å². The molecule has 0 rings (SSSR count). The molecule has 0 aromatic carbocycles. The molecule has 3 heteroatoms. The summed E-state index contributed by atoms with van der Waals surface area (Å²) in [6.07, 6.45) is 13.4. The Hall–Kier alpha value is -2.21. The molecule has 0 spiro atoms. The second-order valence-corrected chi connectivity index (χ2v) is 3.15. The van der Waals surface area contributed by atoms with Crippen molar-refractivity contribution >= 4 is 5.90 Å². The van der Waals surface area contributed by atoms with Gasteiger partial charge in [-0.15, -0.1) is 6.42 Å². The third-order valence-electron chi connectivity index (χ3n) is 1.69. The number of ether oxygens (including phenoxy) is 2. The molecular weight excluding hydrogens is 226 g/mol. The summed E-state index contributed by atoms with van der Waals surface area (Å²) in [5.74, 6) is 4.03. The van der Waals surface area contributed by atoms with Crippen molar-refractivity contribution in [2.24, 2.45) is 4.99 Å². The first-order valence-corrected chi connectivity index (χ1v) is 5.64. The Bertz CT molecular complexity index is 420. The SMILES string of the molecule is C#C/C=C(\C=C(/C)OCC)OC(/C=C\C)=N/C=C. The van der Waals surface area contributed by atoms with E-state index in [-0.39, 0.29) is 0 Å². The summed E-state index contributed by atoms with van der Waals surface area (Å²) in [5, 5.41) is 0. The third kappa shape index (κ3) is 7.13. The van der Waals surface area contributed by atoms with E-state index in [9.17, 15) is 0 Å². The highest BCUT2D eigenvalue weighted by Crippen LogP contribution is 2.07. The van der Waals surface area contributed by atoms with Crippen molar-refractivity contribution in [1.82, 2.24) is 0 Å². The Morgan fingerprint density at radius 3 is 2.72 bits per heavy atom. The number of hydrogen-bond acceptors (Lipinski definition) is 3. The van der Waals surface area contributed by atoms with Gasteiger partial charge in [0.25, 0.3) is 0 Å². The molecular formula is C15H19NO2. The van der Waals surface area contributed by atoms with Gasteiger partial charge in [0, 0.05) is 18.4 Å². The molecule has 0 aliphatic carbocycles. The lowest BCUT2D eigenvalue weighted by Gasteiger charge is -2.07. The number of hydrogen-bond donors (Lipinski definition) is 0. The van der Waals surface area contributed by atoms with E-state index in [1.54, 1.807) is 12.2 Å². The Morgan fingerprint density at radius 1 is 1.50 bits per heavy atom. The van der Waals surface area contributed by atoms with Gasteiger partial charge in [-0.3, -0.25) is 0 Å². The van der Waals surface area contributed by atoms with Crippen LogP contribution in [0, 0.1) is 12.3 Å². The number of nitrogens with zero attached hydrogens (tertiary/aromatic N) is 1. The Morgan fingerprint density at radius 2 is 2.22 bits per heavy atom. The van der Waals surface area contributed by atoms with E-state index in [0.717, 1.165) is 5.76 Å². The lowest BCUT2D eigenvalue weighted by molar-refractivity contribution is 0.229. The summed E-state index contributed by atoms with van der Waals surface area (Å²) in [6, 6.07) is 0. The van der Waals surface area contributed by atoms with Crippen molar-refractivity contribution in [2.75, 3.05) is 6.61 Å². The number of terminal acetylenes is 1. The van der Waals surface area contributed by atoms with E-state index >= 15 is 0 Å². The van der Waals surface area contributed by atoms with Crippen molar-refractivity contribution in [3.63, 3.8) is 0 Å². The lowest BCUT2D eigenvalue weighted by atomic mass is 10.3. The number of allylic oxidation sites excluding steroid dienone is 4. The molecule has 0 fully saturated rings. The van der Waals surface area contributed by atoms with Crippen molar-refractivity contribution in [1.29, 1.82) is 0 Å². The van der Waals surface area contributed by atoms with Crippen LogP contribution in [0.25, 0.3) is 0 Å². The monoisotopic (exact) mass is 245 g/mol. The maximum Gasteiger partial charge on any atom is 0.218 e. The maximum atomic E-state index is 5.54.